The second-order valence-electron chi connectivity index (χ2n) is 6.77. The molecule has 3 aromatic rings. The number of aryl methyl sites for hydroxylation is 1. The van der Waals surface area contributed by atoms with E-state index in [1.165, 1.54) is 0 Å². The molecule has 152 valence electrons. The minimum atomic E-state index is -0.213. The van der Waals surface area contributed by atoms with Crippen LogP contribution in [0.2, 0.25) is 0 Å². The van der Waals surface area contributed by atoms with Gasteiger partial charge in [-0.1, -0.05) is 30.3 Å². The molecule has 11 heteroatoms. The van der Waals surface area contributed by atoms with Gasteiger partial charge in [0.15, 0.2) is 11.6 Å². The summed E-state index contributed by atoms with van der Waals surface area (Å²) < 4.78 is 7.04. The zero-order valence-corrected chi connectivity index (χ0v) is 16.2. The number of aromatic amines is 1. The van der Waals surface area contributed by atoms with E-state index in [1.807, 2.05) is 30.3 Å². The van der Waals surface area contributed by atoms with E-state index >= 15 is 0 Å². The van der Waals surface area contributed by atoms with Gasteiger partial charge in [0.2, 0.25) is 5.91 Å². The molecule has 0 aliphatic carbocycles. The molecule has 1 amide bonds. The van der Waals surface area contributed by atoms with E-state index in [4.69, 9.17) is 4.74 Å². The van der Waals surface area contributed by atoms with E-state index in [0.29, 0.717) is 30.7 Å². The highest BCUT2D eigenvalue weighted by Gasteiger charge is 2.29. The number of carbonyl (C=O) groups excluding carboxylic acids is 1. The molecule has 1 aromatic carbocycles. The van der Waals surface area contributed by atoms with E-state index in [2.05, 4.69) is 40.9 Å². The van der Waals surface area contributed by atoms with Crippen LogP contribution in [0.3, 0.4) is 0 Å². The Morgan fingerprint density at radius 3 is 2.79 bits per heavy atom. The van der Waals surface area contributed by atoms with Gasteiger partial charge in [0.1, 0.15) is 12.4 Å². The zero-order valence-electron chi connectivity index (χ0n) is 16.2. The smallest absolute Gasteiger partial charge is 0.242 e. The Hall–Kier alpha value is -3.18. The van der Waals surface area contributed by atoms with Crippen LogP contribution in [0, 0.1) is 6.92 Å². The lowest BCUT2D eigenvalue weighted by Crippen LogP contribution is -2.41. The van der Waals surface area contributed by atoms with E-state index in [-0.39, 0.29) is 25.0 Å². The molecule has 2 aromatic heterocycles. The van der Waals surface area contributed by atoms with Crippen LogP contribution in [0.1, 0.15) is 29.1 Å². The maximum absolute atomic E-state index is 12.5. The quantitative estimate of drug-likeness (QED) is 0.563. The number of hydrogen-bond donors (Lipinski definition) is 2. The monoisotopic (exact) mass is 397 g/mol. The first-order chi connectivity index (χ1) is 14.2. The maximum atomic E-state index is 12.5. The standard InChI is InChI=1S/C18H23N9O2/c1-13-20-15(22-21-13)11-19-16(28)12-27-18(23-24-25-27)17(14-5-3-2-4-6-14)26-7-9-29-10-8-26/h2-6,17H,7-12H2,1H3,(H,19,28)(H,20,21,22)/t17-/m0/s1. The molecule has 1 fully saturated rings. The SMILES string of the molecule is Cc1nc(CNC(=O)Cn2nnnc2[C@H](c2ccccc2)N2CCOCC2)n[nH]1. The summed E-state index contributed by atoms with van der Waals surface area (Å²) in [5.74, 6) is 1.65. The van der Waals surface area contributed by atoms with Crippen molar-refractivity contribution in [2.75, 3.05) is 26.3 Å². The second kappa shape index (κ2) is 8.88. The summed E-state index contributed by atoms with van der Waals surface area (Å²) in [6, 6.07) is 9.89. The average molecular weight is 397 g/mol. The predicted octanol–water partition coefficient (Wildman–Crippen LogP) is -0.162. The van der Waals surface area contributed by atoms with Crippen LogP contribution in [-0.4, -0.2) is 72.5 Å². The Morgan fingerprint density at radius 1 is 1.28 bits per heavy atom. The summed E-state index contributed by atoms with van der Waals surface area (Å²) in [5.41, 5.74) is 1.07. The van der Waals surface area contributed by atoms with Gasteiger partial charge >= 0.3 is 0 Å². The first kappa shape index (κ1) is 19.2. The number of nitrogens with zero attached hydrogens (tertiary/aromatic N) is 7. The van der Waals surface area contributed by atoms with Crippen molar-refractivity contribution in [2.24, 2.45) is 0 Å². The lowest BCUT2D eigenvalue weighted by atomic mass is 10.0. The van der Waals surface area contributed by atoms with Crippen LogP contribution in [0.4, 0.5) is 0 Å². The van der Waals surface area contributed by atoms with Crippen molar-refractivity contribution < 1.29 is 9.53 Å². The van der Waals surface area contributed by atoms with Crippen molar-refractivity contribution in [1.29, 1.82) is 0 Å². The molecule has 1 aliphatic heterocycles. The third-order valence-corrected chi connectivity index (χ3v) is 4.71. The fourth-order valence-electron chi connectivity index (χ4n) is 3.35. The third kappa shape index (κ3) is 4.63. The normalized spacial score (nSPS) is 15.9. The molecule has 0 unspecified atom stereocenters. The van der Waals surface area contributed by atoms with Gasteiger partial charge in [-0.2, -0.15) is 5.10 Å². The van der Waals surface area contributed by atoms with Gasteiger partial charge in [0, 0.05) is 13.1 Å². The summed E-state index contributed by atoms with van der Waals surface area (Å²) >= 11 is 0. The van der Waals surface area contributed by atoms with Gasteiger partial charge in [-0.15, -0.1) is 5.10 Å². The number of benzene rings is 1. The number of aromatic nitrogens is 7. The molecule has 3 heterocycles. The number of amides is 1. The van der Waals surface area contributed by atoms with Crippen LogP contribution in [0.5, 0.6) is 0 Å². The van der Waals surface area contributed by atoms with Gasteiger partial charge in [0.05, 0.1) is 25.8 Å². The van der Waals surface area contributed by atoms with Gasteiger partial charge in [-0.3, -0.25) is 14.8 Å². The Morgan fingerprint density at radius 2 is 2.07 bits per heavy atom. The molecule has 29 heavy (non-hydrogen) atoms. The van der Waals surface area contributed by atoms with Crippen molar-refractivity contribution in [2.45, 2.75) is 26.1 Å². The number of tetrazole rings is 1. The molecular formula is C18H23N9O2. The van der Waals surface area contributed by atoms with Crippen LogP contribution in [-0.2, 0) is 22.6 Å². The van der Waals surface area contributed by atoms with E-state index < -0.39 is 0 Å². The molecule has 0 bridgehead atoms. The molecule has 4 rings (SSSR count). The summed E-state index contributed by atoms with van der Waals surface area (Å²) in [5, 5.41) is 21.7. The van der Waals surface area contributed by atoms with E-state index in [9.17, 15) is 4.79 Å². The van der Waals surface area contributed by atoms with Crippen molar-refractivity contribution >= 4 is 5.91 Å². The number of nitrogens with one attached hydrogen (secondary N) is 2. The van der Waals surface area contributed by atoms with Crippen molar-refractivity contribution in [3.63, 3.8) is 0 Å². The van der Waals surface area contributed by atoms with Gasteiger partial charge < -0.3 is 10.1 Å². The predicted molar refractivity (Wildman–Crippen MR) is 101 cm³/mol. The molecule has 2 N–H and O–H groups in total. The number of hydrogen-bond acceptors (Lipinski definition) is 8. The maximum Gasteiger partial charge on any atom is 0.242 e. The minimum absolute atomic E-state index is 0.0133. The highest BCUT2D eigenvalue weighted by molar-refractivity contribution is 5.75. The Balaban J connectivity index is 1.51. The fourth-order valence-corrected chi connectivity index (χ4v) is 3.35. The lowest BCUT2D eigenvalue weighted by molar-refractivity contribution is -0.122. The summed E-state index contributed by atoms with van der Waals surface area (Å²) in [7, 11) is 0. The van der Waals surface area contributed by atoms with Gasteiger partial charge in [-0.05, 0) is 22.9 Å². The van der Waals surface area contributed by atoms with Crippen LogP contribution in [0.15, 0.2) is 30.3 Å². The van der Waals surface area contributed by atoms with Crippen molar-refractivity contribution in [3.05, 3.63) is 53.4 Å². The highest BCUT2D eigenvalue weighted by atomic mass is 16.5. The molecule has 1 aliphatic rings. The molecule has 0 spiro atoms. The van der Waals surface area contributed by atoms with Crippen LogP contribution >= 0.6 is 0 Å². The number of rotatable bonds is 7. The van der Waals surface area contributed by atoms with Crippen LogP contribution in [0.25, 0.3) is 0 Å². The zero-order chi connectivity index (χ0) is 20.1. The Bertz CT molecular complexity index is 934. The highest BCUT2D eigenvalue weighted by Crippen LogP contribution is 2.27. The Kier molecular flexibility index (Phi) is 5.86. The van der Waals surface area contributed by atoms with Crippen molar-refractivity contribution in [1.82, 2.24) is 45.6 Å². The molecule has 0 saturated carbocycles. The number of carbonyl (C=O) groups is 1. The number of ether oxygens (including phenoxy) is 1. The Labute approximate surface area is 167 Å². The number of H-pyrrole nitrogens is 1. The first-order valence-electron chi connectivity index (χ1n) is 9.48. The summed E-state index contributed by atoms with van der Waals surface area (Å²) in [4.78, 5) is 18.9. The topological polar surface area (TPSA) is 127 Å². The molecule has 11 nitrogen and oxygen atoms in total. The van der Waals surface area contributed by atoms with Gasteiger partial charge in [-0.25, -0.2) is 9.67 Å². The molecule has 1 saturated heterocycles. The first-order valence-corrected chi connectivity index (χ1v) is 9.48. The number of morpholine rings is 1. The van der Waals surface area contributed by atoms with E-state index in [1.54, 1.807) is 11.6 Å². The van der Waals surface area contributed by atoms with Gasteiger partial charge in [0.25, 0.3) is 0 Å². The summed E-state index contributed by atoms with van der Waals surface area (Å²) in [6.07, 6.45) is 0. The minimum Gasteiger partial charge on any atom is -0.379 e. The molecule has 1 atom stereocenters. The summed E-state index contributed by atoms with van der Waals surface area (Å²) in [6.45, 7) is 4.90. The average Bonchev–Trinajstić information content (AvgIpc) is 3.37. The second-order valence-corrected chi connectivity index (χ2v) is 6.77. The van der Waals surface area contributed by atoms with Crippen LogP contribution < -0.4 is 5.32 Å². The van der Waals surface area contributed by atoms with Crippen molar-refractivity contribution in [3.8, 4) is 0 Å². The molecule has 0 radical (unpaired) electrons. The molecular weight excluding hydrogens is 374 g/mol. The largest absolute Gasteiger partial charge is 0.379 e. The lowest BCUT2D eigenvalue weighted by Gasteiger charge is -2.33. The fraction of sp³-hybridized carbons (Fsp3) is 0.444. The third-order valence-electron chi connectivity index (χ3n) is 4.71. The van der Waals surface area contributed by atoms with E-state index in [0.717, 1.165) is 18.7 Å².